The highest BCUT2D eigenvalue weighted by molar-refractivity contribution is 6.07. The predicted octanol–water partition coefficient (Wildman–Crippen LogP) is 4.34. The van der Waals surface area contributed by atoms with Crippen molar-refractivity contribution in [2.45, 2.75) is 6.92 Å². The zero-order valence-electron chi connectivity index (χ0n) is 12.6. The highest BCUT2D eigenvalue weighted by Crippen LogP contribution is 2.37. The molecule has 0 aliphatic carbocycles. The van der Waals surface area contributed by atoms with Gasteiger partial charge < -0.3 is 14.1 Å². The van der Waals surface area contributed by atoms with Crippen molar-refractivity contribution in [3.05, 3.63) is 65.0 Å². The minimum Gasteiger partial charge on any atom is -0.491 e. The van der Waals surface area contributed by atoms with Crippen LogP contribution in [0.3, 0.4) is 0 Å². The topological polar surface area (TPSA) is 55.2 Å². The van der Waals surface area contributed by atoms with Crippen LogP contribution >= 0.6 is 0 Å². The normalized spacial score (nSPS) is 11.2. The molecule has 0 atom stereocenters. The van der Waals surface area contributed by atoms with Crippen LogP contribution in [0.4, 0.5) is 0 Å². The number of aromatic amines is 1. The van der Waals surface area contributed by atoms with Crippen LogP contribution < -0.4 is 10.4 Å². The standard InChI is InChI=1S/C19H15NO3/c1-2-22-18-15-17(20-16(18)12-8-4-3-5-9-12)13-10-6-7-11-14(13)23-19(15)21/h3-11,20H,2H2,1H3. The van der Waals surface area contributed by atoms with Crippen LogP contribution in [-0.2, 0) is 0 Å². The van der Waals surface area contributed by atoms with Crippen LogP contribution in [0.5, 0.6) is 5.75 Å². The summed E-state index contributed by atoms with van der Waals surface area (Å²) in [5.74, 6) is 0.549. The van der Waals surface area contributed by atoms with Gasteiger partial charge in [-0.15, -0.1) is 0 Å². The molecule has 0 bridgehead atoms. The van der Waals surface area contributed by atoms with Gasteiger partial charge in [-0.05, 0) is 19.1 Å². The Kier molecular flexibility index (Phi) is 3.15. The number of H-pyrrole nitrogens is 1. The van der Waals surface area contributed by atoms with E-state index in [1.54, 1.807) is 6.07 Å². The Balaban J connectivity index is 2.15. The van der Waals surface area contributed by atoms with Gasteiger partial charge >= 0.3 is 5.63 Å². The Hall–Kier alpha value is -3.01. The number of hydrogen-bond acceptors (Lipinski definition) is 3. The Labute approximate surface area is 132 Å². The van der Waals surface area contributed by atoms with E-state index in [1.165, 1.54) is 0 Å². The summed E-state index contributed by atoms with van der Waals surface area (Å²) >= 11 is 0. The molecular formula is C19H15NO3. The van der Waals surface area contributed by atoms with E-state index in [-0.39, 0.29) is 5.63 Å². The van der Waals surface area contributed by atoms with Crippen LogP contribution in [0.15, 0.2) is 63.8 Å². The lowest BCUT2D eigenvalue weighted by atomic mass is 10.1. The molecule has 0 saturated carbocycles. The van der Waals surface area contributed by atoms with E-state index in [1.807, 2.05) is 55.5 Å². The van der Waals surface area contributed by atoms with Gasteiger partial charge in [0, 0.05) is 10.9 Å². The van der Waals surface area contributed by atoms with Crippen molar-refractivity contribution in [1.29, 1.82) is 0 Å². The largest absolute Gasteiger partial charge is 0.491 e. The van der Waals surface area contributed by atoms with E-state index in [2.05, 4.69) is 4.98 Å². The number of rotatable bonds is 3. The number of benzene rings is 2. The van der Waals surface area contributed by atoms with Gasteiger partial charge in [0.15, 0.2) is 5.75 Å². The lowest BCUT2D eigenvalue weighted by Crippen LogP contribution is -2.01. The van der Waals surface area contributed by atoms with Crippen molar-refractivity contribution in [2.75, 3.05) is 6.61 Å². The molecule has 0 saturated heterocycles. The molecule has 1 N–H and O–H groups in total. The summed E-state index contributed by atoms with van der Waals surface area (Å²) in [6, 6.07) is 17.3. The average molecular weight is 305 g/mol. The number of fused-ring (bicyclic) bond motifs is 3. The number of nitrogens with one attached hydrogen (secondary N) is 1. The minimum absolute atomic E-state index is 0.388. The molecule has 2 aromatic heterocycles. The third-order valence-corrected chi connectivity index (χ3v) is 3.87. The zero-order chi connectivity index (χ0) is 15.8. The Morgan fingerprint density at radius 1 is 1.04 bits per heavy atom. The fraction of sp³-hybridized carbons (Fsp3) is 0.105. The zero-order valence-corrected chi connectivity index (χ0v) is 12.6. The fourth-order valence-electron chi connectivity index (χ4n) is 2.89. The summed E-state index contributed by atoms with van der Waals surface area (Å²) in [4.78, 5) is 15.8. The maximum absolute atomic E-state index is 12.5. The monoisotopic (exact) mass is 305 g/mol. The van der Waals surface area contributed by atoms with Gasteiger partial charge in [-0.2, -0.15) is 0 Å². The lowest BCUT2D eigenvalue weighted by molar-refractivity contribution is 0.345. The van der Waals surface area contributed by atoms with Gasteiger partial charge in [0.25, 0.3) is 0 Å². The third-order valence-electron chi connectivity index (χ3n) is 3.87. The Bertz CT molecular complexity index is 1040. The smallest absolute Gasteiger partial charge is 0.349 e. The first-order valence-corrected chi connectivity index (χ1v) is 7.55. The van der Waals surface area contributed by atoms with Gasteiger partial charge in [-0.1, -0.05) is 42.5 Å². The second kappa shape index (κ2) is 5.32. The van der Waals surface area contributed by atoms with Crippen LogP contribution in [-0.4, -0.2) is 11.6 Å². The van der Waals surface area contributed by atoms with Gasteiger partial charge in [0.05, 0.1) is 17.8 Å². The SMILES string of the molecule is CCOc1c(-c2ccccc2)[nH]c2c1c(=O)oc1ccccc12. The average Bonchev–Trinajstić information content (AvgIpc) is 2.97. The molecular weight excluding hydrogens is 290 g/mol. The Morgan fingerprint density at radius 2 is 1.78 bits per heavy atom. The van der Waals surface area contributed by atoms with Crippen molar-refractivity contribution in [1.82, 2.24) is 4.98 Å². The molecule has 0 amide bonds. The number of hydrogen-bond donors (Lipinski definition) is 1. The molecule has 23 heavy (non-hydrogen) atoms. The number of aromatic nitrogens is 1. The van der Waals surface area contributed by atoms with Crippen LogP contribution in [0.1, 0.15) is 6.92 Å². The first kappa shape index (κ1) is 13.6. The molecule has 2 heterocycles. The molecule has 0 radical (unpaired) electrons. The number of ether oxygens (including phenoxy) is 1. The van der Waals surface area contributed by atoms with Gasteiger partial charge in [-0.3, -0.25) is 0 Å². The summed E-state index contributed by atoms with van der Waals surface area (Å²) in [5.41, 5.74) is 2.69. The summed E-state index contributed by atoms with van der Waals surface area (Å²) in [6.45, 7) is 2.37. The third kappa shape index (κ3) is 2.11. The van der Waals surface area contributed by atoms with E-state index in [0.29, 0.717) is 23.3 Å². The highest BCUT2D eigenvalue weighted by Gasteiger charge is 2.20. The maximum atomic E-state index is 12.5. The van der Waals surface area contributed by atoms with Crippen molar-refractivity contribution in [3.8, 4) is 17.0 Å². The summed E-state index contributed by atoms with van der Waals surface area (Å²) < 4.78 is 11.2. The second-order valence-corrected chi connectivity index (χ2v) is 5.26. The summed E-state index contributed by atoms with van der Waals surface area (Å²) in [6.07, 6.45) is 0. The van der Waals surface area contributed by atoms with Gasteiger partial charge in [0.2, 0.25) is 0 Å². The molecule has 0 aliphatic heterocycles. The molecule has 4 nitrogen and oxygen atoms in total. The summed E-state index contributed by atoms with van der Waals surface area (Å²) in [5, 5.41) is 1.33. The highest BCUT2D eigenvalue weighted by atomic mass is 16.5. The van der Waals surface area contributed by atoms with Crippen molar-refractivity contribution >= 4 is 21.9 Å². The predicted molar refractivity (Wildman–Crippen MR) is 90.9 cm³/mol. The van der Waals surface area contributed by atoms with E-state index in [4.69, 9.17) is 9.15 Å². The van der Waals surface area contributed by atoms with E-state index >= 15 is 0 Å². The molecule has 4 rings (SSSR count). The van der Waals surface area contributed by atoms with Crippen molar-refractivity contribution in [2.24, 2.45) is 0 Å². The van der Waals surface area contributed by atoms with Crippen molar-refractivity contribution < 1.29 is 9.15 Å². The molecule has 4 aromatic rings. The van der Waals surface area contributed by atoms with E-state index < -0.39 is 0 Å². The second-order valence-electron chi connectivity index (χ2n) is 5.26. The molecule has 114 valence electrons. The maximum Gasteiger partial charge on any atom is 0.349 e. The summed E-state index contributed by atoms with van der Waals surface area (Å²) in [7, 11) is 0. The fourth-order valence-corrected chi connectivity index (χ4v) is 2.89. The minimum atomic E-state index is -0.388. The van der Waals surface area contributed by atoms with E-state index in [0.717, 1.165) is 22.2 Å². The van der Waals surface area contributed by atoms with Crippen molar-refractivity contribution in [3.63, 3.8) is 0 Å². The van der Waals surface area contributed by atoms with Gasteiger partial charge in [0.1, 0.15) is 11.0 Å². The molecule has 0 unspecified atom stereocenters. The molecule has 0 spiro atoms. The quantitative estimate of drug-likeness (QED) is 0.573. The molecule has 4 heteroatoms. The first-order valence-electron chi connectivity index (χ1n) is 7.55. The van der Waals surface area contributed by atoms with Gasteiger partial charge in [-0.25, -0.2) is 4.79 Å². The molecule has 2 aromatic carbocycles. The van der Waals surface area contributed by atoms with E-state index in [9.17, 15) is 4.79 Å². The first-order chi connectivity index (χ1) is 11.3. The Morgan fingerprint density at radius 3 is 2.57 bits per heavy atom. The number of para-hydroxylation sites is 1. The molecule has 0 aliphatic rings. The lowest BCUT2D eigenvalue weighted by Gasteiger charge is -2.05. The van der Waals surface area contributed by atoms with Crippen LogP contribution in [0.25, 0.3) is 33.1 Å². The molecule has 0 fully saturated rings. The van der Waals surface area contributed by atoms with Crippen LogP contribution in [0, 0.1) is 0 Å². The van der Waals surface area contributed by atoms with Crippen LogP contribution in [0.2, 0.25) is 0 Å².